The molecular weight excluding hydrogens is 206 g/mol. The van der Waals surface area contributed by atoms with E-state index in [9.17, 15) is 4.79 Å². The van der Waals surface area contributed by atoms with Gasteiger partial charge in [0.25, 0.3) is 0 Å². The fourth-order valence-corrected chi connectivity index (χ4v) is 2.19. The number of rotatable bonds is 4. The van der Waals surface area contributed by atoms with E-state index in [2.05, 4.69) is 5.32 Å². The van der Waals surface area contributed by atoms with Gasteiger partial charge >= 0.3 is 0 Å². The van der Waals surface area contributed by atoms with Crippen molar-refractivity contribution in [2.24, 2.45) is 5.92 Å². The summed E-state index contributed by atoms with van der Waals surface area (Å²) < 4.78 is 0. The van der Waals surface area contributed by atoms with Gasteiger partial charge in [0.1, 0.15) is 0 Å². The molecule has 0 bridgehead atoms. The van der Waals surface area contributed by atoms with Gasteiger partial charge in [-0.1, -0.05) is 32.1 Å². The second-order valence-electron chi connectivity index (χ2n) is 4.61. The average Bonchev–Trinajstić information content (AvgIpc) is 2.25. The third-order valence-electron chi connectivity index (χ3n) is 3.26. The van der Waals surface area contributed by atoms with E-state index in [-0.39, 0.29) is 25.0 Å². The molecule has 0 heterocycles. The quantitative estimate of drug-likeness (QED) is 0.668. The number of nitrogens with one attached hydrogen (secondary N) is 1. The van der Waals surface area contributed by atoms with Crippen LogP contribution in [0.3, 0.4) is 0 Å². The minimum atomic E-state index is -0.502. The number of aliphatic hydroxyl groups is 2. The van der Waals surface area contributed by atoms with Gasteiger partial charge in [-0.2, -0.15) is 0 Å². The van der Waals surface area contributed by atoms with Gasteiger partial charge in [-0.05, 0) is 12.8 Å². The van der Waals surface area contributed by atoms with Gasteiger partial charge in [0.15, 0.2) is 0 Å². The van der Waals surface area contributed by atoms with Crippen LogP contribution in [0.1, 0.15) is 44.9 Å². The monoisotopic (exact) mass is 229 g/mol. The molecule has 0 spiro atoms. The average molecular weight is 229 g/mol. The van der Waals surface area contributed by atoms with E-state index in [1.807, 2.05) is 0 Å². The lowest BCUT2D eigenvalue weighted by Gasteiger charge is -2.21. The van der Waals surface area contributed by atoms with Crippen LogP contribution in [0, 0.1) is 5.92 Å². The zero-order valence-corrected chi connectivity index (χ0v) is 9.82. The highest BCUT2D eigenvalue weighted by atomic mass is 16.3. The fourth-order valence-electron chi connectivity index (χ4n) is 2.19. The third kappa shape index (κ3) is 4.49. The van der Waals surface area contributed by atoms with Crippen molar-refractivity contribution >= 4 is 5.91 Å². The first-order valence-corrected chi connectivity index (χ1v) is 6.30. The SMILES string of the molecule is O=C(NC(CO)CO)C1CCCCCCC1. The van der Waals surface area contributed by atoms with Gasteiger partial charge in [0.2, 0.25) is 5.91 Å². The molecule has 4 heteroatoms. The zero-order chi connectivity index (χ0) is 11.8. The standard InChI is InChI=1S/C12H23NO3/c14-8-11(9-15)13-12(16)10-6-4-2-1-3-5-7-10/h10-11,14-15H,1-9H2,(H,13,16). The highest BCUT2D eigenvalue weighted by Crippen LogP contribution is 2.22. The Kier molecular flexibility index (Phi) is 6.42. The van der Waals surface area contributed by atoms with Crippen LogP contribution in [0.4, 0.5) is 0 Å². The Balaban J connectivity index is 2.37. The van der Waals surface area contributed by atoms with Gasteiger partial charge in [-0.15, -0.1) is 0 Å². The molecule has 0 aromatic rings. The Morgan fingerprint density at radius 1 is 1.06 bits per heavy atom. The molecule has 1 aliphatic carbocycles. The molecule has 1 fully saturated rings. The second kappa shape index (κ2) is 7.63. The summed E-state index contributed by atoms with van der Waals surface area (Å²) in [7, 11) is 0. The van der Waals surface area contributed by atoms with E-state index in [1.54, 1.807) is 0 Å². The molecular formula is C12H23NO3. The number of hydrogen-bond donors (Lipinski definition) is 3. The van der Waals surface area contributed by atoms with Crippen LogP contribution in [-0.4, -0.2) is 35.4 Å². The number of hydrogen-bond acceptors (Lipinski definition) is 3. The van der Waals surface area contributed by atoms with Gasteiger partial charge in [0.05, 0.1) is 19.3 Å². The molecule has 1 rings (SSSR count). The molecule has 16 heavy (non-hydrogen) atoms. The van der Waals surface area contributed by atoms with Crippen LogP contribution in [0.2, 0.25) is 0 Å². The molecule has 0 aromatic carbocycles. The van der Waals surface area contributed by atoms with Crippen LogP contribution in [0.5, 0.6) is 0 Å². The first-order chi connectivity index (χ1) is 7.77. The van der Waals surface area contributed by atoms with Crippen molar-refractivity contribution in [3.05, 3.63) is 0 Å². The molecule has 0 unspecified atom stereocenters. The topological polar surface area (TPSA) is 69.6 Å². The van der Waals surface area contributed by atoms with Crippen LogP contribution >= 0.6 is 0 Å². The van der Waals surface area contributed by atoms with Gasteiger partial charge in [0, 0.05) is 5.92 Å². The Bertz CT molecular complexity index is 196. The first kappa shape index (κ1) is 13.5. The predicted molar refractivity (Wildman–Crippen MR) is 61.9 cm³/mol. The summed E-state index contributed by atoms with van der Waals surface area (Å²) in [6, 6.07) is -0.502. The van der Waals surface area contributed by atoms with Crippen molar-refractivity contribution in [3.63, 3.8) is 0 Å². The Morgan fingerprint density at radius 3 is 2.06 bits per heavy atom. The second-order valence-corrected chi connectivity index (χ2v) is 4.61. The van der Waals surface area contributed by atoms with E-state index in [1.165, 1.54) is 19.3 Å². The number of carbonyl (C=O) groups is 1. The molecule has 4 nitrogen and oxygen atoms in total. The molecule has 0 radical (unpaired) electrons. The molecule has 0 aromatic heterocycles. The van der Waals surface area contributed by atoms with Gasteiger partial charge in [-0.3, -0.25) is 4.79 Å². The maximum Gasteiger partial charge on any atom is 0.223 e. The normalized spacial score (nSPS) is 19.2. The number of carbonyl (C=O) groups excluding carboxylic acids is 1. The van der Waals surface area contributed by atoms with Crippen molar-refractivity contribution in [1.82, 2.24) is 5.32 Å². The summed E-state index contributed by atoms with van der Waals surface area (Å²) >= 11 is 0. The molecule has 1 amide bonds. The lowest BCUT2D eigenvalue weighted by molar-refractivity contribution is -0.127. The lowest BCUT2D eigenvalue weighted by atomic mass is 9.90. The molecule has 1 aliphatic rings. The van der Waals surface area contributed by atoms with Crippen LogP contribution in [0.15, 0.2) is 0 Å². The van der Waals surface area contributed by atoms with Crippen LogP contribution in [0.25, 0.3) is 0 Å². The first-order valence-electron chi connectivity index (χ1n) is 6.30. The lowest BCUT2D eigenvalue weighted by Crippen LogP contribution is -2.43. The van der Waals surface area contributed by atoms with Crippen molar-refractivity contribution < 1.29 is 15.0 Å². The summed E-state index contributed by atoms with van der Waals surface area (Å²) in [5.74, 6) is 0.0656. The molecule has 3 N–H and O–H groups in total. The summed E-state index contributed by atoms with van der Waals surface area (Å²) in [6.45, 7) is -0.399. The molecule has 0 saturated heterocycles. The highest BCUT2D eigenvalue weighted by molar-refractivity contribution is 5.78. The van der Waals surface area contributed by atoms with Gasteiger partial charge in [-0.25, -0.2) is 0 Å². The summed E-state index contributed by atoms with van der Waals surface area (Å²) in [5.41, 5.74) is 0. The van der Waals surface area contributed by atoms with Crippen molar-refractivity contribution in [1.29, 1.82) is 0 Å². The maximum atomic E-state index is 11.9. The third-order valence-corrected chi connectivity index (χ3v) is 3.26. The zero-order valence-electron chi connectivity index (χ0n) is 9.82. The molecule has 0 atom stereocenters. The Hall–Kier alpha value is -0.610. The summed E-state index contributed by atoms with van der Waals surface area (Å²) in [5, 5.41) is 20.5. The smallest absolute Gasteiger partial charge is 0.223 e. The minimum absolute atomic E-state index is 0.00463. The van der Waals surface area contributed by atoms with Crippen molar-refractivity contribution in [2.75, 3.05) is 13.2 Å². The Labute approximate surface area is 97.0 Å². The van der Waals surface area contributed by atoms with E-state index in [4.69, 9.17) is 10.2 Å². The van der Waals surface area contributed by atoms with Crippen molar-refractivity contribution in [2.45, 2.75) is 51.0 Å². The van der Waals surface area contributed by atoms with Crippen molar-refractivity contribution in [3.8, 4) is 0 Å². The van der Waals surface area contributed by atoms with E-state index >= 15 is 0 Å². The largest absolute Gasteiger partial charge is 0.394 e. The van der Waals surface area contributed by atoms with E-state index in [0.717, 1.165) is 25.7 Å². The fraction of sp³-hybridized carbons (Fsp3) is 0.917. The van der Waals surface area contributed by atoms with E-state index in [0.29, 0.717) is 0 Å². The van der Waals surface area contributed by atoms with E-state index < -0.39 is 6.04 Å². The molecule has 0 aliphatic heterocycles. The minimum Gasteiger partial charge on any atom is -0.394 e. The molecule has 1 saturated carbocycles. The predicted octanol–water partition coefficient (Wildman–Crippen LogP) is 0.816. The Morgan fingerprint density at radius 2 is 1.56 bits per heavy atom. The van der Waals surface area contributed by atoms with Crippen LogP contribution < -0.4 is 5.32 Å². The molecule has 94 valence electrons. The maximum absolute atomic E-state index is 11.9. The number of amides is 1. The van der Waals surface area contributed by atoms with Crippen LogP contribution in [-0.2, 0) is 4.79 Å². The highest BCUT2D eigenvalue weighted by Gasteiger charge is 2.21. The summed E-state index contributed by atoms with van der Waals surface area (Å²) in [4.78, 5) is 11.9. The number of aliphatic hydroxyl groups excluding tert-OH is 2. The van der Waals surface area contributed by atoms with Gasteiger partial charge < -0.3 is 15.5 Å². The summed E-state index contributed by atoms with van der Waals surface area (Å²) in [6.07, 6.45) is 7.82.